The molecule has 5 nitrogen and oxygen atoms in total. The Balaban J connectivity index is 1.85. The van der Waals surface area contributed by atoms with Gasteiger partial charge in [-0.2, -0.15) is 0 Å². The summed E-state index contributed by atoms with van der Waals surface area (Å²) in [6, 6.07) is 12.4. The standard InChI is InChI=1S/C18H23NO4/c1-12(9-13-3-6-15(23-2)7-4-13)19-11-18(22)14-5-8-16(20)17(21)10-14/h3-8,10,12,18-22H,9,11H2,1-2H3/t12-,18+/m0/s1. The summed E-state index contributed by atoms with van der Waals surface area (Å²) < 4.78 is 5.13. The third-order valence-electron chi connectivity index (χ3n) is 3.74. The van der Waals surface area contributed by atoms with Gasteiger partial charge in [0.2, 0.25) is 0 Å². The number of nitrogens with one attached hydrogen (secondary N) is 1. The smallest absolute Gasteiger partial charge is 0.157 e. The van der Waals surface area contributed by atoms with Crippen molar-refractivity contribution in [3.63, 3.8) is 0 Å². The number of ether oxygens (including phenoxy) is 1. The molecule has 0 radical (unpaired) electrons. The number of aromatic hydroxyl groups is 2. The van der Waals surface area contributed by atoms with Crippen LogP contribution < -0.4 is 10.1 Å². The van der Waals surface area contributed by atoms with Gasteiger partial charge in [-0.25, -0.2) is 0 Å². The summed E-state index contributed by atoms with van der Waals surface area (Å²) in [4.78, 5) is 0. The Labute approximate surface area is 136 Å². The van der Waals surface area contributed by atoms with Crippen LogP contribution in [-0.4, -0.2) is 35.0 Å². The van der Waals surface area contributed by atoms with Gasteiger partial charge in [0.05, 0.1) is 13.2 Å². The molecular formula is C18H23NO4. The highest BCUT2D eigenvalue weighted by molar-refractivity contribution is 5.41. The van der Waals surface area contributed by atoms with Crippen molar-refractivity contribution < 1.29 is 20.1 Å². The van der Waals surface area contributed by atoms with Gasteiger partial charge in [-0.1, -0.05) is 18.2 Å². The van der Waals surface area contributed by atoms with E-state index in [2.05, 4.69) is 5.32 Å². The van der Waals surface area contributed by atoms with Crippen LogP contribution in [0.5, 0.6) is 17.2 Å². The van der Waals surface area contributed by atoms with Gasteiger partial charge < -0.3 is 25.4 Å². The van der Waals surface area contributed by atoms with Crippen LogP contribution in [-0.2, 0) is 6.42 Å². The van der Waals surface area contributed by atoms with E-state index in [1.807, 2.05) is 31.2 Å². The third-order valence-corrected chi connectivity index (χ3v) is 3.74. The minimum Gasteiger partial charge on any atom is -0.504 e. The molecule has 0 aromatic heterocycles. The largest absolute Gasteiger partial charge is 0.504 e. The number of benzene rings is 2. The Morgan fingerprint density at radius 1 is 1.04 bits per heavy atom. The number of phenolic OH excluding ortho intramolecular Hbond substituents is 2. The highest BCUT2D eigenvalue weighted by atomic mass is 16.5. The van der Waals surface area contributed by atoms with Crippen LogP contribution >= 0.6 is 0 Å². The number of aliphatic hydroxyl groups excluding tert-OH is 1. The van der Waals surface area contributed by atoms with Crippen molar-refractivity contribution >= 4 is 0 Å². The molecular weight excluding hydrogens is 294 g/mol. The van der Waals surface area contributed by atoms with E-state index < -0.39 is 6.10 Å². The predicted molar refractivity (Wildman–Crippen MR) is 88.9 cm³/mol. The zero-order valence-corrected chi connectivity index (χ0v) is 13.4. The molecule has 0 saturated heterocycles. The molecule has 0 bridgehead atoms. The van der Waals surface area contributed by atoms with E-state index in [9.17, 15) is 15.3 Å². The van der Waals surface area contributed by atoms with Crippen LogP contribution in [0.3, 0.4) is 0 Å². The molecule has 4 N–H and O–H groups in total. The van der Waals surface area contributed by atoms with Crippen molar-refractivity contribution in [3.05, 3.63) is 53.6 Å². The van der Waals surface area contributed by atoms with E-state index >= 15 is 0 Å². The lowest BCUT2D eigenvalue weighted by atomic mass is 10.1. The van der Waals surface area contributed by atoms with Gasteiger partial charge in [0, 0.05) is 12.6 Å². The maximum Gasteiger partial charge on any atom is 0.157 e. The zero-order valence-electron chi connectivity index (χ0n) is 13.4. The fraction of sp³-hybridized carbons (Fsp3) is 0.333. The fourth-order valence-corrected chi connectivity index (χ4v) is 2.37. The second-order valence-electron chi connectivity index (χ2n) is 5.63. The van der Waals surface area contributed by atoms with Crippen molar-refractivity contribution in [2.45, 2.75) is 25.5 Å². The molecule has 0 spiro atoms. The van der Waals surface area contributed by atoms with Crippen LogP contribution in [0.1, 0.15) is 24.2 Å². The van der Waals surface area contributed by atoms with Crippen LogP contribution in [0.15, 0.2) is 42.5 Å². The second kappa shape index (κ2) is 7.85. The molecule has 2 aromatic rings. The average molecular weight is 317 g/mol. The van der Waals surface area contributed by atoms with Crippen molar-refractivity contribution in [3.8, 4) is 17.2 Å². The maximum atomic E-state index is 10.1. The normalized spacial score (nSPS) is 13.5. The van der Waals surface area contributed by atoms with Gasteiger partial charge in [0.15, 0.2) is 11.5 Å². The van der Waals surface area contributed by atoms with Crippen molar-refractivity contribution in [1.29, 1.82) is 0 Å². The van der Waals surface area contributed by atoms with Crippen LogP contribution in [0, 0.1) is 0 Å². The number of hydrogen-bond donors (Lipinski definition) is 4. The molecule has 5 heteroatoms. The van der Waals surface area contributed by atoms with Gasteiger partial charge in [-0.3, -0.25) is 0 Å². The van der Waals surface area contributed by atoms with E-state index in [-0.39, 0.29) is 17.5 Å². The monoisotopic (exact) mass is 317 g/mol. The van der Waals surface area contributed by atoms with Crippen molar-refractivity contribution in [2.75, 3.05) is 13.7 Å². The maximum absolute atomic E-state index is 10.1. The summed E-state index contributed by atoms with van der Waals surface area (Å²) in [6.45, 7) is 2.41. The number of hydrogen-bond acceptors (Lipinski definition) is 5. The van der Waals surface area contributed by atoms with Gasteiger partial charge in [-0.05, 0) is 48.7 Å². The minimum atomic E-state index is -0.750. The van der Waals surface area contributed by atoms with E-state index in [4.69, 9.17) is 4.74 Å². The molecule has 0 saturated carbocycles. The Morgan fingerprint density at radius 3 is 2.35 bits per heavy atom. The first-order chi connectivity index (χ1) is 11.0. The quantitative estimate of drug-likeness (QED) is 0.589. The molecule has 2 atom stereocenters. The summed E-state index contributed by atoms with van der Waals surface area (Å²) in [6.07, 6.45) is 0.0807. The molecule has 2 aromatic carbocycles. The Hall–Kier alpha value is -2.24. The van der Waals surface area contributed by atoms with E-state index in [0.717, 1.165) is 12.2 Å². The number of rotatable bonds is 7. The number of phenols is 2. The Kier molecular flexibility index (Phi) is 5.84. The molecule has 0 heterocycles. The van der Waals surface area contributed by atoms with Crippen LogP contribution in [0.2, 0.25) is 0 Å². The molecule has 0 aliphatic rings. The minimum absolute atomic E-state index is 0.184. The lowest BCUT2D eigenvalue weighted by Gasteiger charge is -2.18. The summed E-state index contributed by atoms with van der Waals surface area (Å²) in [5, 5.41) is 32.2. The van der Waals surface area contributed by atoms with E-state index in [0.29, 0.717) is 12.1 Å². The molecule has 0 unspecified atom stereocenters. The van der Waals surface area contributed by atoms with E-state index in [1.165, 1.54) is 17.7 Å². The highest BCUT2D eigenvalue weighted by Crippen LogP contribution is 2.27. The second-order valence-corrected chi connectivity index (χ2v) is 5.63. The Bertz CT molecular complexity index is 627. The first kappa shape index (κ1) is 17.1. The summed E-state index contributed by atoms with van der Waals surface area (Å²) >= 11 is 0. The lowest BCUT2D eigenvalue weighted by molar-refractivity contribution is 0.170. The third kappa shape index (κ3) is 4.87. The molecule has 0 aliphatic heterocycles. The SMILES string of the molecule is COc1ccc(C[C@H](C)NC[C@@H](O)c2ccc(O)c(O)c2)cc1. The molecule has 124 valence electrons. The van der Waals surface area contributed by atoms with Crippen molar-refractivity contribution in [1.82, 2.24) is 5.32 Å². The first-order valence-electron chi connectivity index (χ1n) is 7.56. The van der Waals surface area contributed by atoms with Crippen LogP contribution in [0.25, 0.3) is 0 Å². The molecule has 0 amide bonds. The molecule has 2 rings (SSSR count). The summed E-state index contributed by atoms with van der Waals surface area (Å²) in [7, 11) is 1.64. The Morgan fingerprint density at radius 2 is 1.74 bits per heavy atom. The van der Waals surface area contributed by atoms with E-state index in [1.54, 1.807) is 13.2 Å². The zero-order chi connectivity index (χ0) is 16.8. The topological polar surface area (TPSA) is 82.0 Å². The van der Waals surface area contributed by atoms with Crippen LogP contribution in [0.4, 0.5) is 0 Å². The highest BCUT2D eigenvalue weighted by Gasteiger charge is 2.12. The van der Waals surface area contributed by atoms with Gasteiger partial charge in [0.25, 0.3) is 0 Å². The lowest BCUT2D eigenvalue weighted by Crippen LogP contribution is -2.32. The molecule has 23 heavy (non-hydrogen) atoms. The van der Waals surface area contributed by atoms with Gasteiger partial charge >= 0.3 is 0 Å². The molecule has 0 fully saturated rings. The summed E-state index contributed by atoms with van der Waals surface area (Å²) in [5.41, 5.74) is 1.74. The summed E-state index contributed by atoms with van der Waals surface area (Å²) in [5.74, 6) is 0.409. The van der Waals surface area contributed by atoms with Gasteiger partial charge in [0.1, 0.15) is 5.75 Å². The molecule has 0 aliphatic carbocycles. The average Bonchev–Trinajstić information content (AvgIpc) is 2.56. The number of methoxy groups -OCH3 is 1. The fourth-order valence-electron chi connectivity index (χ4n) is 2.37. The van der Waals surface area contributed by atoms with Crippen molar-refractivity contribution in [2.24, 2.45) is 0 Å². The number of aliphatic hydroxyl groups is 1. The first-order valence-corrected chi connectivity index (χ1v) is 7.56. The van der Waals surface area contributed by atoms with Gasteiger partial charge in [-0.15, -0.1) is 0 Å². The predicted octanol–water partition coefficient (Wildman–Crippen LogP) is 2.36.